The highest BCUT2D eigenvalue weighted by atomic mass is 35.5. The van der Waals surface area contributed by atoms with Crippen molar-refractivity contribution in [1.29, 1.82) is 5.26 Å². The first-order chi connectivity index (χ1) is 9.83. The van der Waals surface area contributed by atoms with Crippen LogP contribution in [0.25, 0.3) is 0 Å². The zero-order valence-electron chi connectivity index (χ0n) is 10.3. The van der Waals surface area contributed by atoms with Gasteiger partial charge in [0.15, 0.2) is 0 Å². The third-order valence-corrected chi connectivity index (χ3v) is 4.40. The molecule has 0 saturated heterocycles. The van der Waals surface area contributed by atoms with Crippen molar-refractivity contribution < 1.29 is 17.9 Å². The summed E-state index contributed by atoms with van der Waals surface area (Å²) in [5.74, 6) is -1.14. The number of halogens is 2. The molecule has 5 nitrogen and oxygen atoms in total. The van der Waals surface area contributed by atoms with Crippen molar-refractivity contribution in [3.05, 3.63) is 52.8 Å². The maximum atomic E-state index is 13.1. The van der Waals surface area contributed by atoms with Crippen molar-refractivity contribution in [1.82, 2.24) is 0 Å². The number of phenols is 1. The molecule has 2 aromatic rings. The maximum Gasteiger partial charge on any atom is 0.263 e. The molecule has 0 spiro atoms. The highest BCUT2D eigenvalue weighted by Crippen LogP contribution is 2.29. The van der Waals surface area contributed by atoms with E-state index in [9.17, 15) is 17.9 Å². The molecule has 0 saturated carbocycles. The third kappa shape index (κ3) is 3.24. The fraction of sp³-hybridized carbons (Fsp3) is 0. The van der Waals surface area contributed by atoms with Crippen LogP contribution in [0.2, 0.25) is 5.02 Å². The maximum absolute atomic E-state index is 13.1. The Balaban J connectivity index is 2.44. The van der Waals surface area contributed by atoms with Crippen molar-refractivity contribution in [2.75, 3.05) is 4.72 Å². The molecule has 0 bridgehead atoms. The smallest absolute Gasteiger partial charge is 0.263 e. The van der Waals surface area contributed by atoms with Crippen LogP contribution in [0.15, 0.2) is 41.3 Å². The van der Waals surface area contributed by atoms with E-state index >= 15 is 0 Å². The van der Waals surface area contributed by atoms with Crippen LogP contribution < -0.4 is 4.72 Å². The van der Waals surface area contributed by atoms with Gasteiger partial charge in [0.05, 0.1) is 22.3 Å². The predicted octanol–water partition coefficient (Wildman–Crippen LogP) is 2.86. The number of aromatic hydroxyl groups is 1. The average molecular weight is 327 g/mol. The van der Waals surface area contributed by atoms with Gasteiger partial charge in [-0.05, 0) is 30.3 Å². The summed E-state index contributed by atoms with van der Waals surface area (Å²) in [5, 5.41) is 18.1. The van der Waals surface area contributed by atoms with Gasteiger partial charge in [0.2, 0.25) is 0 Å². The topological polar surface area (TPSA) is 90.2 Å². The van der Waals surface area contributed by atoms with Gasteiger partial charge in [0.25, 0.3) is 10.0 Å². The van der Waals surface area contributed by atoms with Crippen LogP contribution in [0.3, 0.4) is 0 Å². The van der Waals surface area contributed by atoms with Crippen molar-refractivity contribution in [2.45, 2.75) is 4.90 Å². The third-order valence-electron chi connectivity index (χ3n) is 2.55. The summed E-state index contributed by atoms with van der Waals surface area (Å²) in [6, 6.07) is 8.30. The summed E-state index contributed by atoms with van der Waals surface area (Å²) in [6.07, 6.45) is 0. The van der Waals surface area contributed by atoms with E-state index in [4.69, 9.17) is 16.9 Å². The second kappa shape index (κ2) is 5.60. The molecular formula is C13H8ClFN2O3S. The van der Waals surface area contributed by atoms with Crippen LogP contribution >= 0.6 is 11.6 Å². The minimum absolute atomic E-state index is 0.155. The number of anilines is 1. The predicted molar refractivity (Wildman–Crippen MR) is 75.0 cm³/mol. The zero-order valence-corrected chi connectivity index (χ0v) is 11.9. The van der Waals surface area contributed by atoms with E-state index in [-0.39, 0.29) is 21.2 Å². The Morgan fingerprint density at radius 2 is 1.95 bits per heavy atom. The Bertz CT molecular complexity index is 847. The molecule has 0 aromatic heterocycles. The van der Waals surface area contributed by atoms with Gasteiger partial charge in [0.1, 0.15) is 16.5 Å². The minimum Gasteiger partial charge on any atom is -0.506 e. The Hall–Kier alpha value is -2.30. The highest BCUT2D eigenvalue weighted by Gasteiger charge is 2.20. The van der Waals surface area contributed by atoms with E-state index in [0.29, 0.717) is 0 Å². The molecular weight excluding hydrogens is 319 g/mol. The van der Waals surface area contributed by atoms with Crippen molar-refractivity contribution >= 4 is 27.3 Å². The minimum atomic E-state index is -4.13. The Morgan fingerprint density at radius 3 is 2.57 bits per heavy atom. The summed E-state index contributed by atoms with van der Waals surface area (Å²) in [6.45, 7) is 0. The molecule has 0 heterocycles. The molecule has 0 aliphatic heterocycles. The van der Waals surface area contributed by atoms with Gasteiger partial charge in [-0.25, -0.2) is 12.8 Å². The van der Waals surface area contributed by atoms with Gasteiger partial charge in [-0.15, -0.1) is 0 Å². The Morgan fingerprint density at radius 1 is 1.24 bits per heavy atom. The normalized spacial score (nSPS) is 10.9. The van der Waals surface area contributed by atoms with Crippen LogP contribution in [0, 0.1) is 17.1 Å². The molecule has 0 fully saturated rings. The fourth-order valence-electron chi connectivity index (χ4n) is 1.58. The highest BCUT2D eigenvalue weighted by molar-refractivity contribution is 7.92. The van der Waals surface area contributed by atoms with Gasteiger partial charge in [0, 0.05) is 6.07 Å². The van der Waals surface area contributed by atoms with Gasteiger partial charge in [-0.2, -0.15) is 5.26 Å². The monoisotopic (exact) mass is 326 g/mol. The molecule has 108 valence electrons. The molecule has 0 aliphatic rings. The van der Waals surface area contributed by atoms with Crippen LogP contribution in [-0.4, -0.2) is 13.5 Å². The van der Waals surface area contributed by atoms with E-state index < -0.39 is 21.6 Å². The standard InChI is InChI=1S/C13H8ClFN2O3S/c14-10-5-8(7-16)1-4-13(10)21(19,20)17-11-6-9(15)2-3-12(11)18/h1-6,17-18H. The fourth-order valence-corrected chi connectivity index (χ4v) is 3.19. The van der Waals surface area contributed by atoms with Crippen molar-refractivity contribution in [3.8, 4) is 11.8 Å². The lowest BCUT2D eigenvalue weighted by molar-refractivity contribution is 0.475. The quantitative estimate of drug-likeness (QED) is 0.849. The molecule has 0 radical (unpaired) electrons. The number of nitrogens with one attached hydrogen (secondary N) is 1. The van der Waals surface area contributed by atoms with Crippen LogP contribution in [0.1, 0.15) is 5.56 Å². The lowest BCUT2D eigenvalue weighted by Gasteiger charge is -2.11. The Labute approximate surface area is 125 Å². The second-order valence-corrected chi connectivity index (χ2v) is 6.08. The van der Waals surface area contributed by atoms with E-state index in [1.807, 2.05) is 10.8 Å². The van der Waals surface area contributed by atoms with E-state index in [0.717, 1.165) is 24.3 Å². The molecule has 2 aromatic carbocycles. The number of rotatable bonds is 3. The zero-order chi connectivity index (χ0) is 15.6. The first-order valence-electron chi connectivity index (χ1n) is 5.54. The van der Waals surface area contributed by atoms with Gasteiger partial charge >= 0.3 is 0 Å². The number of benzene rings is 2. The first kappa shape index (κ1) is 15.1. The molecule has 21 heavy (non-hydrogen) atoms. The molecule has 8 heteroatoms. The summed E-state index contributed by atoms with van der Waals surface area (Å²) in [7, 11) is -4.13. The van der Waals surface area contributed by atoms with Crippen LogP contribution in [0.4, 0.5) is 10.1 Å². The lowest BCUT2D eigenvalue weighted by atomic mass is 10.2. The number of nitriles is 1. The van der Waals surface area contributed by atoms with Gasteiger partial charge in [-0.1, -0.05) is 11.6 Å². The molecule has 0 atom stereocenters. The van der Waals surface area contributed by atoms with Crippen LogP contribution in [-0.2, 0) is 10.0 Å². The summed E-state index contributed by atoms with van der Waals surface area (Å²) < 4.78 is 39.5. The molecule has 0 aliphatic carbocycles. The van der Waals surface area contributed by atoms with E-state index in [1.165, 1.54) is 12.1 Å². The first-order valence-corrected chi connectivity index (χ1v) is 7.40. The van der Waals surface area contributed by atoms with Gasteiger partial charge < -0.3 is 5.11 Å². The van der Waals surface area contributed by atoms with E-state index in [2.05, 4.69) is 0 Å². The number of hydrogen-bond acceptors (Lipinski definition) is 4. The molecule has 0 amide bonds. The SMILES string of the molecule is N#Cc1ccc(S(=O)(=O)Nc2cc(F)ccc2O)c(Cl)c1. The number of phenolic OH excluding ortho intramolecular Hbond substituents is 1. The average Bonchev–Trinajstić information content (AvgIpc) is 2.42. The summed E-state index contributed by atoms with van der Waals surface area (Å²) in [5.41, 5.74) is -0.108. The van der Waals surface area contributed by atoms with Crippen molar-refractivity contribution in [2.24, 2.45) is 0 Å². The summed E-state index contributed by atoms with van der Waals surface area (Å²) in [4.78, 5) is -0.285. The Kier molecular flexibility index (Phi) is 4.02. The van der Waals surface area contributed by atoms with E-state index in [1.54, 1.807) is 0 Å². The molecule has 2 N–H and O–H groups in total. The second-order valence-electron chi connectivity index (χ2n) is 4.02. The number of sulfonamides is 1. The summed E-state index contributed by atoms with van der Waals surface area (Å²) >= 11 is 5.82. The lowest BCUT2D eigenvalue weighted by Crippen LogP contribution is -2.13. The number of nitrogens with zero attached hydrogens (tertiary/aromatic N) is 1. The van der Waals surface area contributed by atoms with Crippen LogP contribution in [0.5, 0.6) is 5.75 Å². The number of hydrogen-bond donors (Lipinski definition) is 2. The van der Waals surface area contributed by atoms with Crippen molar-refractivity contribution in [3.63, 3.8) is 0 Å². The molecule has 2 rings (SSSR count). The molecule has 0 unspecified atom stereocenters. The van der Waals surface area contributed by atoms with Gasteiger partial charge in [-0.3, -0.25) is 4.72 Å². The largest absolute Gasteiger partial charge is 0.506 e.